The van der Waals surface area contributed by atoms with Crippen LogP contribution in [0.2, 0.25) is 0 Å². The Balaban J connectivity index is 1.35. The molecule has 3 rings (SSSR count). The topological polar surface area (TPSA) is 91.3 Å². The van der Waals surface area contributed by atoms with E-state index in [4.69, 9.17) is 24.1 Å². The summed E-state index contributed by atoms with van der Waals surface area (Å²) >= 11 is 0. The van der Waals surface area contributed by atoms with Crippen LogP contribution >= 0.6 is 0 Å². The lowest BCUT2D eigenvalue weighted by molar-refractivity contribution is -0.139. The summed E-state index contributed by atoms with van der Waals surface area (Å²) in [5.41, 5.74) is 2.92. The lowest BCUT2D eigenvalue weighted by Gasteiger charge is -2.09. The quantitative estimate of drug-likeness (QED) is 0.0683. The molecule has 0 aromatic heterocycles. The van der Waals surface area contributed by atoms with Crippen molar-refractivity contribution in [3.63, 3.8) is 0 Å². The van der Waals surface area contributed by atoms with Crippen molar-refractivity contribution < 1.29 is 33.6 Å². The maximum Gasteiger partial charge on any atom is 0.343 e. The number of benzene rings is 3. The molecule has 0 heterocycles. The van der Waals surface area contributed by atoms with Crippen molar-refractivity contribution in [2.75, 3.05) is 26.4 Å². The van der Waals surface area contributed by atoms with Gasteiger partial charge in [-0.3, -0.25) is 0 Å². The van der Waals surface area contributed by atoms with E-state index < -0.39 is 5.97 Å². The molecule has 0 fully saturated rings. The van der Waals surface area contributed by atoms with E-state index >= 15 is 0 Å². The van der Waals surface area contributed by atoms with Gasteiger partial charge < -0.3 is 24.1 Å². The molecule has 0 aliphatic carbocycles. The summed E-state index contributed by atoms with van der Waals surface area (Å²) in [5, 5.41) is 8.83. The lowest BCUT2D eigenvalue weighted by Crippen LogP contribution is -2.08. The predicted molar refractivity (Wildman–Crippen MR) is 164 cm³/mol. The fraction of sp³-hybridized carbons (Fsp3) is 0.371. The van der Waals surface area contributed by atoms with E-state index in [0.29, 0.717) is 42.5 Å². The van der Waals surface area contributed by atoms with Crippen LogP contribution in [0.4, 0.5) is 0 Å². The van der Waals surface area contributed by atoms with Gasteiger partial charge in [0.15, 0.2) is 0 Å². The van der Waals surface area contributed by atoms with Gasteiger partial charge in [0, 0.05) is 12.2 Å². The number of carbonyl (C=O) groups is 2. The van der Waals surface area contributed by atoms with E-state index in [-0.39, 0.29) is 12.6 Å². The molecule has 0 saturated heterocycles. The van der Waals surface area contributed by atoms with E-state index in [1.54, 1.807) is 43.3 Å². The monoisotopic (exact) mass is 574 g/mol. The largest absolute Gasteiger partial charge is 0.494 e. The number of aliphatic hydroxyl groups excluding tert-OH is 1. The van der Waals surface area contributed by atoms with Crippen LogP contribution in [0.15, 0.2) is 84.9 Å². The van der Waals surface area contributed by atoms with Gasteiger partial charge in [0.2, 0.25) is 0 Å². The van der Waals surface area contributed by atoms with Crippen molar-refractivity contribution in [2.24, 2.45) is 0 Å². The Kier molecular flexibility index (Phi) is 14.2. The van der Waals surface area contributed by atoms with Crippen LogP contribution < -0.4 is 14.2 Å². The maximum absolute atomic E-state index is 12.6. The van der Waals surface area contributed by atoms with Crippen molar-refractivity contribution >= 4 is 11.9 Å². The highest BCUT2D eigenvalue weighted by molar-refractivity contribution is 5.91. The molecule has 0 bridgehead atoms. The van der Waals surface area contributed by atoms with Crippen LogP contribution in [0.25, 0.3) is 11.1 Å². The van der Waals surface area contributed by atoms with Crippen molar-refractivity contribution in [1.82, 2.24) is 0 Å². The Morgan fingerprint density at radius 2 is 1.07 bits per heavy atom. The zero-order chi connectivity index (χ0) is 30.0. The normalized spacial score (nSPS) is 10.6. The molecular weight excluding hydrogens is 532 g/mol. The van der Waals surface area contributed by atoms with Gasteiger partial charge in [-0.05, 0) is 112 Å². The third-order valence-corrected chi connectivity index (χ3v) is 6.55. The minimum Gasteiger partial charge on any atom is -0.494 e. The molecule has 0 aliphatic heterocycles. The van der Waals surface area contributed by atoms with Gasteiger partial charge in [0.1, 0.15) is 17.2 Å². The molecule has 0 amide bonds. The number of ether oxygens (including phenoxy) is 4. The Labute approximate surface area is 249 Å². The Hall–Kier alpha value is -4.10. The average Bonchev–Trinajstić information content (AvgIpc) is 3.01. The van der Waals surface area contributed by atoms with Crippen molar-refractivity contribution in [2.45, 2.75) is 58.3 Å². The standard InChI is InChI=1S/C35H42O7/c1-27(2)34(37)41-26-10-6-5-9-25-40-32-19-15-30(16-20-32)35(38)42-33-21-13-29(14-22-33)28-11-17-31(18-12-28)39-24-8-4-3-7-23-36/h11-22,36H,1,3-10,23-26H2,2H3. The van der Waals surface area contributed by atoms with E-state index in [1.807, 2.05) is 36.4 Å². The molecule has 0 atom stereocenters. The fourth-order valence-corrected chi connectivity index (χ4v) is 4.11. The molecule has 0 unspecified atom stereocenters. The minimum absolute atomic E-state index is 0.249. The molecule has 0 saturated carbocycles. The molecule has 0 aliphatic rings. The smallest absolute Gasteiger partial charge is 0.343 e. The summed E-state index contributed by atoms with van der Waals surface area (Å²) < 4.78 is 22.2. The Bertz CT molecular complexity index is 1230. The molecule has 7 heteroatoms. The fourth-order valence-electron chi connectivity index (χ4n) is 4.11. The zero-order valence-corrected chi connectivity index (χ0v) is 24.5. The molecule has 3 aromatic rings. The third kappa shape index (κ3) is 11.8. The number of unbranched alkanes of at least 4 members (excludes halogenated alkanes) is 6. The summed E-state index contributed by atoms with van der Waals surface area (Å²) in [6.45, 7) is 7.09. The van der Waals surface area contributed by atoms with Crippen molar-refractivity contribution in [1.29, 1.82) is 0 Å². The second kappa shape index (κ2) is 18.4. The van der Waals surface area contributed by atoms with Gasteiger partial charge in [-0.25, -0.2) is 9.59 Å². The van der Waals surface area contributed by atoms with Gasteiger partial charge in [-0.15, -0.1) is 0 Å². The number of hydrogen-bond donors (Lipinski definition) is 1. The molecule has 3 aromatic carbocycles. The SMILES string of the molecule is C=C(C)C(=O)OCCCCCCOc1ccc(C(=O)Oc2ccc(-c3ccc(OCCCCCCO)cc3)cc2)cc1. The van der Waals surface area contributed by atoms with E-state index in [2.05, 4.69) is 6.58 Å². The summed E-state index contributed by atoms with van der Waals surface area (Å²) in [6, 6.07) is 22.3. The molecule has 1 N–H and O–H groups in total. The van der Waals surface area contributed by atoms with Gasteiger partial charge in [-0.1, -0.05) is 37.3 Å². The molecule has 7 nitrogen and oxygen atoms in total. The first-order chi connectivity index (χ1) is 20.5. The highest BCUT2D eigenvalue weighted by atomic mass is 16.5. The number of rotatable bonds is 19. The Morgan fingerprint density at radius 3 is 1.57 bits per heavy atom. The lowest BCUT2D eigenvalue weighted by atomic mass is 10.1. The van der Waals surface area contributed by atoms with Crippen LogP contribution in [0.5, 0.6) is 17.2 Å². The van der Waals surface area contributed by atoms with Gasteiger partial charge in [0.25, 0.3) is 0 Å². The predicted octanol–water partition coefficient (Wildman–Crippen LogP) is 7.56. The van der Waals surface area contributed by atoms with Crippen LogP contribution in [-0.2, 0) is 9.53 Å². The molecule has 0 radical (unpaired) electrons. The number of esters is 2. The first-order valence-corrected chi connectivity index (χ1v) is 14.7. The first kappa shape index (κ1) is 32.4. The van der Waals surface area contributed by atoms with Crippen LogP contribution in [-0.4, -0.2) is 43.5 Å². The third-order valence-electron chi connectivity index (χ3n) is 6.55. The van der Waals surface area contributed by atoms with E-state index in [1.165, 1.54) is 0 Å². The molecular formula is C35H42O7. The van der Waals surface area contributed by atoms with Crippen LogP contribution in [0, 0.1) is 0 Å². The highest BCUT2D eigenvalue weighted by Gasteiger charge is 2.10. The van der Waals surface area contributed by atoms with Crippen molar-refractivity contribution in [3.05, 3.63) is 90.5 Å². The Morgan fingerprint density at radius 1 is 0.619 bits per heavy atom. The molecule has 42 heavy (non-hydrogen) atoms. The van der Waals surface area contributed by atoms with Crippen molar-refractivity contribution in [3.8, 4) is 28.4 Å². The highest BCUT2D eigenvalue weighted by Crippen LogP contribution is 2.25. The number of aliphatic hydroxyl groups is 1. The van der Waals surface area contributed by atoms with E-state index in [0.717, 1.165) is 68.2 Å². The summed E-state index contributed by atoms with van der Waals surface area (Å²) in [4.78, 5) is 23.9. The average molecular weight is 575 g/mol. The van der Waals surface area contributed by atoms with Gasteiger partial charge >= 0.3 is 11.9 Å². The van der Waals surface area contributed by atoms with Gasteiger partial charge in [0.05, 0.1) is 25.4 Å². The van der Waals surface area contributed by atoms with Crippen LogP contribution in [0.1, 0.15) is 68.6 Å². The maximum atomic E-state index is 12.6. The zero-order valence-electron chi connectivity index (χ0n) is 24.5. The minimum atomic E-state index is -0.431. The number of carbonyl (C=O) groups excluding carboxylic acids is 2. The van der Waals surface area contributed by atoms with E-state index in [9.17, 15) is 9.59 Å². The second-order valence-corrected chi connectivity index (χ2v) is 10.1. The second-order valence-electron chi connectivity index (χ2n) is 10.1. The van der Waals surface area contributed by atoms with Gasteiger partial charge in [-0.2, -0.15) is 0 Å². The number of hydrogen-bond acceptors (Lipinski definition) is 7. The summed E-state index contributed by atoms with van der Waals surface area (Å²) in [7, 11) is 0. The molecule has 224 valence electrons. The summed E-state index contributed by atoms with van der Waals surface area (Å²) in [5.74, 6) is 1.23. The molecule has 0 spiro atoms. The van der Waals surface area contributed by atoms with Crippen LogP contribution in [0.3, 0.4) is 0 Å². The summed E-state index contributed by atoms with van der Waals surface area (Å²) in [6.07, 6.45) is 7.52. The first-order valence-electron chi connectivity index (χ1n) is 14.7.